The van der Waals surface area contributed by atoms with Crippen molar-refractivity contribution in [2.75, 3.05) is 39.3 Å². The average molecular weight is 251 g/mol. The first kappa shape index (κ1) is 12.4. The molecular formula is C14H25N3O. The van der Waals surface area contributed by atoms with Crippen molar-refractivity contribution in [3.63, 3.8) is 0 Å². The van der Waals surface area contributed by atoms with Crippen LogP contribution < -0.4 is 5.32 Å². The Kier molecular flexibility index (Phi) is 3.57. The maximum atomic E-state index is 12.4. The van der Waals surface area contributed by atoms with E-state index in [1.54, 1.807) is 0 Å². The average Bonchev–Trinajstić information content (AvgIpc) is 2.96. The lowest BCUT2D eigenvalue weighted by atomic mass is 9.88. The lowest BCUT2D eigenvalue weighted by molar-refractivity contribution is -0.136. The first-order chi connectivity index (χ1) is 8.75. The van der Waals surface area contributed by atoms with E-state index in [1.165, 1.54) is 32.4 Å². The smallest absolute Gasteiger partial charge is 0.225 e. The van der Waals surface area contributed by atoms with E-state index < -0.39 is 0 Å². The molecule has 18 heavy (non-hydrogen) atoms. The molecule has 2 unspecified atom stereocenters. The minimum atomic E-state index is 0.212. The van der Waals surface area contributed by atoms with E-state index in [0.717, 1.165) is 26.2 Å². The van der Waals surface area contributed by atoms with Crippen molar-refractivity contribution >= 4 is 5.91 Å². The van der Waals surface area contributed by atoms with Crippen molar-refractivity contribution in [3.05, 3.63) is 0 Å². The topological polar surface area (TPSA) is 35.6 Å². The zero-order chi connectivity index (χ0) is 12.5. The summed E-state index contributed by atoms with van der Waals surface area (Å²) in [5, 5.41) is 3.26. The zero-order valence-electron chi connectivity index (χ0n) is 11.4. The minimum Gasteiger partial charge on any atom is -0.341 e. The van der Waals surface area contributed by atoms with E-state index in [1.807, 2.05) is 0 Å². The first-order valence-electron chi connectivity index (χ1n) is 7.49. The van der Waals surface area contributed by atoms with Gasteiger partial charge in [-0.2, -0.15) is 0 Å². The molecule has 3 rings (SSSR count). The molecule has 0 aromatic rings. The molecule has 3 aliphatic heterocycles. The highest BCUT2D eigenvalue weighted by atomic mass is 16.2. The van der Waals surface area contributed by atoms with Crippen LogP contribution in [0.15, 0.2) is 0 Å². The van der Waals surface area contributed by atoms with Gasteiger partial charge in [0.25, 0.3) is 0 Å². The van der Waals surface area contributed by atoms with Gasteiger partial charge in [0, 0.05) is 25.0 Å². The summed E-state index contributed by atoms with van der Waals surface area (Å²) in [4.78, 5) is 17.1. The number of hydrogen-bond acceptors (Lipinski definition) is 3. The van der Waals surface area contributed by atoms with Crippen LogP contribution in [-0.2, 0) is 4.79 Å². The number of hydrogen-bond donors (Lipinski definition) is 1. The van der Waals surface area contributed by atoms with Crippen molar-refractivity contribution < 1.29 is 4.79 Å². The van der Waals surface area contributed by atoms with Gasteiger partial charge in [0.2, 0.25) is 5.91 Å². The van der Waals surface area contributed by atoms with Crippen LogP contribution in [0.3, 0.4) is 0 Å². The summed E-state index contributed by atoms with van der Waals surface area (Å²) < 4.78 is 0. The van der Waals surface area contributed by atoms with Gasteiger partial charge < -0.3 is 10.2 Å². The fourth-order valence-electron chi connectivity index (χ4n) is 3.50. The van der Waals surface area contributed by atoms with Crippen molar-refractivity contribution in [1.82, 2.24) is 15.1 Å². The summed E-state index contributed by atoms with van der Waals surface area (Å²) in [6, 6.07) is 0.642. The minimum absolute atomic E-state index is 0.212. The Morgan fingerprint density at radius 3 is 2.56 bits per heavy atom. The van der Waals surface area contributed by atoms with Gasteiger partial charge in [-0.1, -0.05) is 6.92 Å². The molecule has 4 nitrogen and oxygen atoms in total. The molecule has 0 aliphatic carbocycles. The quantitative estimate of drug-likeness (QED) is 0.795. The molecule has 3 saturated heterocycles. The molecule has 1 N–H and O–H groups in total. The maximum Gasteiger partial charge on any atom is 0.225 e. The molecule has 4 heteroatoms. The predicted octanol–water partition coefficient (Wildman–Crippen LogP) is 0.539. The fraction of sp³-hybridized carbons (Fsp3) is 0.929. The second-order valence-corrected chi connectivity index (χ2v) is 6.18. The third-order valence-electron chi connectivity index (χ3n) is 5.04. The highest BCUT2D eigenvalue weighted by Gasteiger charge is 2.36. The van der Waals surface area contributed by atoms with Gasteiger partial charge in [0.05, 0.1) is 0 Å². The van der Waals surface area contributed by atoms with Crippen molar-refractivity contribution in [1.29, 1.82) is 0 Å². The van der Waals surface area contributed by atoms with Crippen LogP contribution >= 0.6 is 0 Å². The molecule has 1 amide bonds. The molecule has 3 aliphatic rings. The Morgan fingerprint density at radius 2 is 1.94 bits per heavy atom. The highest BCUT2D eigenvalue weighted by molar-refractivity contribution is 5.79. The number of rotatable bonds is 3. The van der Waals surface area contributed by atoms with Gasteiger partial charge in [-0.15, -0.1) is 0 Å². The van der Waals surface area contributed by atoms with Crippen molar-refractivity contribution in [2.45, 2.75) is 32.2 Å². The van der Waals surface area contributed by atoms with Crippen LogP contribution in [0, 0.1) is 11.8 Å². The summed E-state index contributed by atoms with van der Waals surface area (Å²) in [6.07, 6.45) is 3.87. The summed E-state index contributed by atoms with van der Waals surface area (Å²) in [6.45, 7) is 8.60. The summed E-state index contributed by atoms with van der Waals surface area (Å²) in [5.41, 5.74) is 0. The second-order valence-electron chi connectivity index (χ2n) is 6.18. The van der Waals surface area contributed by atoms with Crippen LogP contribution in [-0.4, -0.2) is 61.0 Å². The van der Waals surface area contributed by atoms with E-state index in [-0.39, 0.29) is 5.92 Å². The molecule has 0 aromatic heterocycles. The van der Waals surface area contributed by atoms with Gasteiger partial charge in [0.1, 0.15) is 0 Å². The molecule has 2 atom stereocenters. The Bertz CT molecular complexity index is 310. The van der Waals surface area contributed by atoms with Crippen LogP contribution in [0.4, 0.5) is 0 Å². The Balaban J connectivity index is 1.52. The normalized spacial score (nSPS) is 31.6. The molecular weight excluding hydrogens is 226 g/mol. The van der Waals surface area contributed by atoms with Gasteiger partial charge in [-0.25, -0.2) is 0 Å². The van der Waals surface area contributed by atoms with E-state index in [9.17, 15) is 4.79 Å². The Hall–Kier alpha value is -0.610. The number of carbonyl (C=O) groups is 1. The van der Waals surface area contributed by atoms with Gasteiger partial charge in [0.15, 0.2) is 0 Å². The number of nitrogens with zero attached hydrogens (tertiary/aromatic N) is 2. The maximum absolute atomic E-state index is 12.4. The molecule has 0 saturated carbocycles. The Labute approximate surface area is 110 Å². The largest absolute Gasteiger partial charge is 0.341 e. The van der Waals surface area contributed by atoms with Crippen molar-refractivity contribution in [3.8, 4) is 0 Å². The number of carbonyl (C=O) groups excluding carboxylic acids is 1. The van der Waals surface area contributed by atoms with Gasteiger partial charge in [-0.05, 0) is 51.4 Å². The summed E-state index contributed by atoms with van der Waals surface area (Å²) in [5.74, 6) is 1.18. The molecule has 102 valence electrons. The Morgan fingerprint density at radius 1 is 1.22 bits per heavy atom. The lowest BCUT2D eigenvalue weighted by Crippen LogP contribution is -2.50. The third-order valence-corrected chi connectivity index (χ3v) is 5.04. The van der Waals surface area contributed by atoms with Gasteiger partial charge in [-0.3, -0.25) is 9.69 Å². The molecule has 0 bridgehead atoms. The molecule has 0 spiro atoms. The highest BCUT2D eigenvalue weighted by Crippen LogP contribution is 2.24. The van der Waals surface area contributed by atoms with Crippen LogP contribution in [0.2, 0.25) is 0 Å². The van der Waals surface area contributed by atoms with Crippen LogP contribution in [0.5, 0.6) is 0 Å². The second kappa shape index (κ2) is 5.17. The number of likely N-dealkylation sites (tertiary alicyclic amines) is 2. The monoisotopic (exact) mass is 251 g/mol. The molecule has 3 heterocycles. The van der Waals surface area contributed by atoms with E-state index in [2.05, 4.69) is 22.0 Å². The first-order valence-corrected chi connectivity index (χ1v) is 7.49. The van der Waals surface area contributed by atoms with E-state index in [4.69, 9.17) is 0 Å². The molecule has 0 aromatic carbocycles. The predicted molar refractivity (Wildman–Crippen MR) is 71.3 cm³/mol. The van der Waals surface area contributed by atoms with Crippen molar-refractivity contribution in [2.24, 2.45) is 11.8 Å². The fourth-order valence-corrected chi connectivity index (χ4v) is 3.50. The summed E-state index contributed by atoms with van der Waals surface area (Å²) >= 11 is 0. The van der Waals surface area contributed by atoms with Gasteiger partial charge >= 0.3 is 0 Å². The van der Waals surface area contributed by atoms with Crippen LogP contribution in [0.25, 0.3) is 0 Å². The SMILES string of the molecule is CC(C(=O)N1CCC(N2CCCC2)C1)C1CNC1. The summed E-state index contributed by atoms with van der Waals surface area (Å²) in [7, 11) is 0. The number of amides is 1. The molecule has 0 radical (unpaired) electrons. The zero-order valence-corrected chi connectivity index (χ0v) is 11.4. The molecule has 3 fully saturated rings. The van der Waals surface area contributed by atoms with E-state index >= 15 is 0 Å². The van der Waals surface area contributed by atoms with Crippen LogP contribution in [0.1, 0.15) is 26.2 Å². The number of nitrogens with one attached hydrogen (secondary N) is 1. The lowest BCUT2D eigenvalue weighted by Gasteiger charge is -2.34. The third kappa shape index (κ3) is 2.28. The van der Waals surface area contributed by atoms with E-state index in [0.29, 0.717) is 17.9 Å². The standard InChI is InChI=1S/C14H25N3O/c1-11(12-8-15-9-12)14(18)17-7-4-13(10-17)16-5-2-3-6-16/h11-13,15H,2-10H2,1H3.